The molecule has 0 aliphatic rings. The minimum Gasteiger partial charge on any atom is -0.384 e. The summed E-state index contributed by atoms with van der Waals surface area (Å²) in [7, 11) is 0. The first-order valence-corrected chi connectivity index (χ1v) is 7.43. The summed E-state index contributed by atoms with van der Waals surface area (Å²) >= 11 is 6.77. The summed E-state index contributed by atoms with van der Waals surface area (Å²) in [5.74, 6) is 0. The van der Waals surface area contributed by atoms with Crippen molar-refractivity contribution in [1.82, 2.24) is 4.98 Å². The van der Waals surface area contributed by atoms with Crippen LogP contribution in [0.4, 0.5) is 14.5 Å². The van der Waals surface area contributed by atoms with E-state index in [1.165, 1.54) is 6.07 Å². The normalized spacial score (nSPS) is 11.3. The molecule has 1 aromatic carbocycles. The molecule has 0 unspecified atom stereocenters. The Morgan fingerprint density at radius 3 is 2.63 bits per heavy atom. The van der Waals surface area contributed by atoms with E-state index in [0.29, 0.717) is 15.7 Å². The predicted molar refractivity (Wildman–Crippen MR) is 80.9 cm³/mol. The molecule has 1 N–H and O–H groups in total. The van der Waals surface area contributed by atoms with Gasteiger partial charge in [0.2, 0.25) is 0 Å². The number of anilines is 1. The third kappa shape index (κ3) is 3.23. The molecule has 1 heterocycles. The molecule has 0 atom stereocenters. The Morgan fingerprint density at radius 1 is 1.26 bits per heavy atom. The van der Waals surface area contributed by atoms with E-state index in [9.17, 15) is 8.78 Å². The number of benzene rings is 1. The van der Waals surface area contributed by atoms with Gasteiger partial charge in [0.15, 0.2) is 0 Å². The molecule has 0 saturated heterocycles. The predicted octanol–water partition coefficient (Wildman–Crippen LogP) is 5.52. The van der Waals surface area contributed by atoms with Gasteiger partial charge in [-0.1, -0.05) is 22.9 Å². The lowest BCUT2D eigenvalue weighted by Crippen LogP contribution is -2.03. The van der Waals surface area contributed by atoms with E-state index in [1.54, 1.807) is 6.07 Å². The van der Waals surface area contributed by atoms with Crippen LogP contribution in [0, 0.1) is 0 Å². The minimum absolute atomic E-state index is 0.214. The molecule has 2 nitrogen and oxygen atoms in total. The van der Waals surface area contributed by atoms with E-state index >= 15 is 0 Å². The molecule has 0 fully saturated rings. The van der Waals surface area contributed by atoms with Crippen molar-refractivity contribution in [3.05, 3.63) is 32.8 Å². The lowest BCUT2D eigenvalue weighted by atomic mass is 10.1. The molecule has 0 radical (unpaired) electrons. The molecule has 0 saturated carbocycles. The third-order valence-corrected chi connectivity index (χ3v) is 3.70. The summed E-state index contributed by atoms with van der Waals surface area (Å²) in [6.45, 7) is 2.75. The highest BCUT2D eigenvalue weighted by molar-refractivity contribution is 9.11. The molecular formula is C13H12Br2F2N2. The van der Waals surface area contributed by atoms with Crippen molar-refractivity contribution in [1.29, 1.82) is 0 Å². The number of halogens is 4. The molecule has 2 aromatic rings. The molecular weight excluding hydrogens is 382 g/mol. The second kappa shape index (κ2) is 6.13. The maximum Gasteiger partial charge on any atom is 0.280 e. The molecule has 2 rings (SSSR count). The lowest BCUT2D eigenvalue weighted by Gasteiger charge is -2.12. The van der Waals surface area contributed by atoms with Crippen LogP contribution in [0.15, 0.2) is 27.1 Å². The van der Waals surface area contributed by atoms with E-state index in [1.807, 2.05) is 13.0 Å². The zero-order valence-electron chi connectivity index (χ0n) is 10.2. The van der Waals surface area contributed by atoms with Crippen LogP contribution in [0.1, 0.15) is 25.5 Å². The number of hydrogen-bond acceptors (Lipinski definition) is 2. The van der Waals surface area contributed by atoms with Gasteiger partial charge in [-0.15, -0.1) is 0 Å². The van der Waals surface area contributed by atoms with Crippen LogP contribution in [0.5, 0.6) is 0 Å². The summed E-state index contributed by atoms with van der Waals surface area (Å²) < 4.78 is 27.4. The first-order valence-electron chi connectivity index (χ1n) is 5.84. The van der Waals surface area contributed by atoms with Crippen molar-refractivity contribution in [2.75, 3.05) is 11.9 Å². The van der Waals surface area contributed by atoms with E-state index < -0.39 is 6.43 Å². The van der Waals surface area contributed by atoms with Gasteiger partial charge in [0.25, 0.3) is 6.43 Å². The van der Waals surface area contributed by atoms with Crippen LogP contribution >= 0.6 is 31.9 Å². The molecule has 1 aromatic heterocycles. The smallest absolute Gasteiger partial charge is 0.280 e. The van der Waals surface area contributed by atoms with Crippen molar-refractivity contribution in [3.63, 3.8) is 0 Å². The standard InChI is InChI=1S/C13H12Br2F2N2/c1-2-3-18-10-6-11(13(16)17)19-12-8(10)4-7(14)5-9(12)15/h4-6,13H,2-3H2,1H3,(H,18,19). The van der Waals surface area contributed by atoms with Gasteiger partial charge < -0.3 is 5.32 Å². The van der Waals surface area contributed by atoms with E-state index in [0.717, 1.165) is 22.8 Å². The Labute approximate surface area is 126 Å². The molecule has 6 heteroatoms. The van der Waals surface area contributed by atoms with Gasteiger partial charge in [0.1, 0.15) is 5.69 Å². The van der Waals surface area contributed by atoms with Crippen molar-refractivity contribution in [2.45, 2.75) is 19.8 Å². The zero-order chi connectivity index (χ0) is 14.0. The fourth-order valence-electron chi connectivity index (χ4n) is 1.79. The van der Waals surface area contributed by atoms with Crippen molar-refractivity contribution in [3.8, 4) is 0 Å². The highest BCUT2D eigenvalue weighted by Crippen LogP contribution is 2.34. The summed E-state index contributed by atoms with van der Waals surface area (Å²) in [5, 5.41) is 3.99. The average molecular weight is 394 g/mol. The summed E-state index contributed by atoms with van der Waals surface area (Å²) in [6.07, 6.45) is -1.66. The molecule has 0 aliphatic carbocycles. The highest BCUT2D eigenvalue weighted by Gasteiger charge is 2.15. The largest absolute Gasteiger partial charge is 0.384 e. The Morgan fingerprint density at radius 2 is 2.00 bits per heavy atom. The second-order valence-electron chi connectivity index (χ2n) is 4.11. The quantitative estimate of drug-likeness (QED) is 0.739. The van der Waals surface area contributed by atoms with Crippen molar-refractivity contribution < 1.29 is 8.78 Å². The Hall–Kier alpha value is -0.750. The number of rotatable bonds is 4. The average Bonchev–Trinajstić information content (AvgIpc) is 2.35. The SMILES string of the molecule is CCCNc1cc(C(F)F)nc2c(Br)cc(Br)cc12. The number of hydrogen-bond donors (Lipinski definition) is 1. The van der Waals surface area contributed by atoms with Gasteiger partial charge in [-0.2, -0.15) is 0 Å². The van der Waals surface area contributed by atoms with Crippen LogP contribution < -0.4 is 5.32 Å². The molecule has 0 bridgehead atoms. The van der Waals surface area contributed by atoms with E-state index in [2.05, 4.69) is 42.2 Å². The fraction of sp³-hybridized carbons (Fsp3) is 0.308. The maximum atomic E-state index is 12.9. The van der Waals surface area contributed by atoms with Gasteiger partial charge in [0, 0.05) is 26.6 Å². The van der Waals surface area contributed by atoms with Crippen molar-refractivity contribution >= 4 is 48.5 Å². The summed E-state index contributed by atoms with van der Waals surface area (Å²) in [6, 6.07) is 5.09. The Balaban J connectivity index is 2.67. The topological polar surface area (TPSA) is 24.9 Å². The first kappa shape index (κ1) is 14.7. The lowest BCUT2D eigenvalue weighted by molar-refractivity contribution is 0.146. The summed E-state index contributed by atoms with van der Waals surface area (Å²) in [4.78, 5) is 4.03. The minimum atomic E-state index is -2.58. The first-order chi connectivity index (χ1) is 9.02. The monoisotopic (exact) mass is 392 g/mol. The highest BCUT2D eigenvalue weighted by atomic mass is 79.9. The fourth-order valence-corrected chi connectivity index (χ4v) is 3.10. The Bertz CT molecular complexity index is 603. The maximum absolute atomic E-state index is 12.9. The second-order valence-corrected chi connectivity index (χ2v) is 5.88. The number of alkyl halides is 2. The molecule has 19 heavy (non-hydrogen) atoms. The van der Waals surface area contributed by atoms with E-state index in [-0.39, 0.29) is 5.69 Å². The summed E-state index contributed by atoms with van der Waals surface area (Å²) in [5.41, 5.74) is 1.01. The number of nitrogens with one attached hydrogen (secondary N) is 1. The van der Waals surface area contributed by atoms with Crippen LogP contribution in [0.3, 0.4) is 0 Å². The van der Waals surface area contributed by atoms with Gasteiger partial charge in [0.05, 0.1) is 5.52 Å². The van der Waals surface area contributed by atoms with Crippen LogP contribution in [-0.4, -0.2) is 11.5 Å². The zero-order valence-corrected chi connectivity index (χ0v) is 13.4. The van der Waals surface area contributed by atoms with Crippen LogP contribution in [0.2, 0.25) is 0 Å². The molecule has 0 spiro atoms. The number of aromatic nitrogens is 1. The van der Waals surface area contributed by atoms with Crippen molar-refractivity contribution in [2.24, 2.45) is 0 Å². The van der Waals surface area contributed by atoms with Crippen LogP contribution in [-0.2, 0) is 0 Å². The molecule has 0 aliphatic heterocycles. The number of nitrogens with zero attached hydrogens (tertiary/aromatic N) is 1. The molecule has 0 amide bonds. The van der Waals surface area contributed by atoms with E-state index in [4.69, 9.17) is 0 Å². The van der Waals surface area contributed by atoms with Gasteiger partial charge in [-0.05, 0) is 40.5 Å². The molecule has 102 valence electrons. The number of fused-ring (bicyclic) bond motifs is 1. The number of pyridine rings is 1. The third-order valence-electron chi connectivity index (χ3n) is 2.64. The van der Waals surface area contributed by atoms with Gasteiger partial charge >= 0.3 is 0 Å². The van der Waals surface area contributed by atoms with Crippen LogP contribution in [0.25, 0.3) is 10.9 Å². The van der Waals surface area contributed by atoms with Gasteiger partial charge in [-0.25, -0.2) is 13.8 Å². The van der Waals surface area contributed by atoms with Gasteiger partial charge in [-0.3, -0.25) is 0 Å². The Kier molecular flexibility index (Phi) is 4.73.